The molecule has 1 aliphatic rings. The van der Waals surface area contributed by atoms with Gasteiger partial charge in [-0.15, -0.1) is 0 Å². The standard InChI is InChI=1S/C24H24N6O3S/c1-16(34(31)32)29-13-5-6-18(14-29)30-24-21(23(25)26-15-27-24)22(28-30)17-9-11-20(12-10-17)33-19-7-3-2-4-8-19/h2-4,7-12,15,18H,1,5-6,13-14H2,(H,31,32)(H2,25,26,27). The van der Waals surface area contributed by atoms with Gasteiger partial charge in [0.2, 0.25) is 11.1 Å². The van der Waals surface area contributed by atoms with Crippen LogP contribution in [0.1, 0.15) is 18.9 Å². The van der Waals surface area contributed by atoms with Crippen LogP contribution in [-0.2, 0) is 11.1 Å². The van der Waals surface area contributed by atoms with E-state index < -0.39 is 11.1 Å². The fourth-order valence-corrected chi connectivity index (χ4v) is 4.64. The lowest BCUT2D eigenvalue weighted by atomic mass is 10.1. The normalized spacial score (nSPS) is 17.0. The molecule has 2 aromatic heterocycles. The SMILES string of the molecule is C=C(N1CCCC(n2nc(-c3ccc(Oc4ccccc4)cc3)c3c(N)ncnc32)C1)S(=O)O. The summed E-state index contributed by atoms with van der Waals surface area (Å²) in [4.78, 5) is 10.5. The number of nitrogens with zero attached hydrogens (tertiary/aromatic N) is 5. The smallest absolute Gasteiger partial charge is 0.202 e. The predicted molar refractivity (Wildman–Crippen MR) is 131 cm³/mol. The molecule has 3 N–H and O–H groups in total. The second kappa shape index (κ2) is 9.24. The van der Waals surface area contributed by atoms with Gasteiger partial charge in [-0.1, -0.05) is 24.8 Å². The first-order chi connectivity index (χ1) is 16.5. The van der Waals surface area contributed by atoms with E-state index in [0.717, 1.165) is 24.2 Å². The number of piperidine rings is 1. The molecule has 0 spiro atoms. The molecule has 0 bridgehead atoms. The van der Waals surface area contributed by atoms with Crippen molar-refractivity contribution in [3.05, 3.63) is 72.5 Å². The number of likely N-dealkylation sites (tertiary alicyclic amines) is 1. The van der Waals surface area contributed by atoms with Gasteiger partial charge in [0.15, 0.2) is 5.65 Å². The second-order valence-corrected chi connectivity index (χ2v) is 9.04. The van der Waals surface area contributed by atoms with Gasteiger partial charge >= 0.3 is 0 Å². The first kappa shape index (κ1) is 22.1. The molecule has 174 valence electrons. The van der Waals surface area contributed by atoms with Gasteiger partial charge in [0.05, 0.1) is 11.4 Å². The number of nitrogens with two attached hydrogens (primary N) is 1. The van der Waals surface area contributed by atoms with E-state index in [9.17, 15) is 8.76 Å². The van der Waals surface area contributed by atoms with Crippen LogP contribution in [0, 0.1) is 0 Å². The van der Waals surface area contributed by atoms with Crippen LogP contribution in [0.15, 0.2) is 72.5 Å². The van der Waals surface area contributed by atoms with Gasteiger partial charge in [0, 0.05) is 18.7 Å². The lowest BCUT2D eigenvalue weighted by molar-refractivity contribution is 0.221. The molecule has 0 radical (unpaired) electrons. The number of anilines is 1. The zero-order valence-corrected chi connectivity index (χ0v) is 19.2. The number of aromatic nitrogens is 4. The largest absolute Gasteiger partial charge is 0.457 e. The lowest BCUT2D eigenvalue weighted by Gasteiger charge is -2.34. The Morgan fingerprint density at radius 2 is 1.85 bits per heavy atom. The van der Waals surface area contributed by atoms with Crippen molar-refractivity contribution in [3.63, 3.8) is 0 Å². The van der Waals surface area contributed by atoms with Crippen molar-refractivity contribution >= 4 is 27.9 Å². The molecular weight excluding hydrogens is 452 g/mol. The number of para-hydroxylation sites is 1. The Bertz CT molecular complexity index is 1360. The molecule has 2 unspecified atom stereocenters. The molecule has 9 nitrogen and oxygen atoms in total. The summed E-state index contributed by atoms with van der Waals surface area (Å²) in [6.07, 6.45) is 3.12. The second-order valence-electron chi connectivity index (χ2n) is 8.08. The maximum atomic E-state index is 11.5. The van der Waals surface area contributed by atoms with Gasteiger partial charge in [-0.25, -0.2) is 18.9 Å². The Morgan fingerprint density at radius 1 is 1.12 bits per heavy atom. The van der Waals surface area contributed by atoms with Crippen molar-refractivity contribution in [1.29, 1.82) is 0 Å². The molecule has 4 aromatic rings. The molecule has 2 atom stereocenters. The number of ether oxygens (including phenoxy) is 1. The fourth-order valence-electron chi connectivity index (χ4n) is 4.25. The molecule has 0 aliphatic carbocycles. The third-order valence-corrected chi connectivity index (χ3v) is 6.58. The summed E-state index contributed by atoms with van der Waals surface area (Å²) in [6, 6.07) is 17.2. The van der Waals surface area contributed by atoms with Crippen LogP contribution in [0.25, 0.3) is 22.3 Å². The van der Waals surface area contributed by atoms with Crippen molar-refractivity contribution in [3.8, 4) is 22.8 Å². The summed E-state index contributed by atoms with van der Waals surface area (Å²) in [6.45, 7) is 4.95. The molecule has 1 saturated heterocycles. The minimum Gasteiger partial charge on any atom is -0.457 e. The van der Waals surface area contributed by atoms with Gasteiger partial charge < -0.3 is 19.9 Å². The molecule has 3 heterocycles. The zero-order valence-electron chi connectivity index (χ0n) is 18.4. The van der Waals surface area contributed by atoms with Gasteiger partial charge in [0.25, 0.3) is 0 Å². The molecule has 34 heavy (non-hydrogen) atoms. The summed E-state index contributed by atoms with van der Waals surface area (Å²) in [5.74, 6) is 1.82. The van der Waals surface area contributed by atoms with Gasteiger partial charge in [-0.2, -0.15) is 5.10 Å². The van der Waals surface area contributed by atoms with E-state index in [1.807, 2.05) is 64.2 Å². The maximum absolute atomic E-state index is 11.5. The van der Waals surface area contributed by atoms with Crippen LogP contribution in [0.4, 0.5) is 5.82 Å². The van der Waals surface area contributed by atoms with E-state index in [2.05, 4.69) is 16.5 Å². The van der Waals surface area contributed by atoms with Crippen molar-refractivity contribution < 1.29 is 13.5 Å². The minimum atomic E-state index is -2.11. The first-order valence-corrected chi connectivity index (χ1v) is 12.0. The molecule has 5 rings (SSSR count). The monoisotopic (exact) mass is 476 g/mol. The van der Waals surface area contributed by atoms with E-state index in [1.54, 1.807) is 0 Å². The zero-order chi connectivity index (χ0) is 23.7. The quantitative estimate of drug-likeness (QED) is 0.398. The summed E-state index contributed by atoms with van der Waals surface area (Å²) in [5.41, 5.74) is 8.43. The van der Waals surface area contributed by atoms with Crippen LogP contribution in [0.2, 0.25) is 0 Å². The van der Waals surface area contributed by atoms with Crippen molar-refractivity contribution in [2.45, 2.75) is 18.9 Å². The molecule has 0 amide bonds. The van der Waals surface area contributed by atoms with Crippen LogP contribution in [0.5, 0.6) is 11.5 Å². The Balaban J connectivity index is 1.49. The fraction of sp³-hybridized carbons (Fsp3) is 0.208. The Hall–Kier alpha value is -3.76. The highest BCUT2D eigenvalue weighted by Crippen LogP contribution is 2.35. The molecule has 1 fully saturated rings. The van der Waals surface area contributed by atoms with E-state index >= 15 is 0 Å². The van der Waals surface area contributed by atoms with Gasteiger partial charge in [-0.3, -0.25) is 0 Å². The summed E-state index contributed by atoms with van der Waals surface area (Å²) < 4.78 is 28.8. The van der Waals surface area contributed by atoms with Crippen LogP contribution < -0.4 is 10.5 Å². The summed E-state index contributed by atoms with van der Waals surface area (Å²) in [5, 5.41) is 5.78. The average molecular weight is 477 g/mol. The number of fused-ring (bicyclic) bond motifs is 1. The maximum Gasteiger partial charge on any atom is 0.202 e. The van der Waals surface area contributed by atoms with Crippen molar-refractivity contribution in [2.75, 3.05) is 18.8 Å². The van der Waals surface area contributed by atoms with Crippen LogP contribution in [0.3, 0.4) is 0 Å². The van der Waals surface area contributed by atoms with E-state index in [0.29, 0.717) is 41.4 Å². The summed E-state index contributed by atoms with van der Waals surface area (Å²) >= 11 is -2.11. The molecule has 2 aromatic carbocycles. The minimum absolute atomic E-state index is 0.0553. The first-order valence-electron chi connectivity index (χ1n) is 10.9. The third kappa shape index (κ3) is 4.25. The van der Waals surface area contributed by atoms with Crippen molar-refractivity contribution in [2.24, 2.45) is 0 Å². The predicted octanol–water partition coefficient (Wildman–Crippen LogP) is 4.20. The number of hydrogen-bond acceptors (Lipinski definition) is 7. The number of rotatable bonds is 6. The third-order valence-electron chi connectivity index (χ3n) is 5.92. The van der Waals surface area contributed by atoms with Crippen LogP contribution >= 0.6 is 0 Å². The van der Waals surface area contributed by atoms with Gasteiger partial charge in [-0.05, 0) is 49.2 Å². The highest BCUT2D eigenvalue weighted by Gasteiger charge is 2.28. The van der Waals surface area contributed by atoms with E-state index in [4.69, 9.17) is 15.6 Å². The number of nitrogen functional groups attached to an aromatic ring is 1. The number of benzene rings is 2. The molecule has 1 aliphatic heterocycles. The molecular formula is C24H24N6O3S. The topological polar surface area (TPSA) is 119 Å². The Labute approximate surface area is 199 Å². The highest BCUT2D eigenvalue weighted by molar-refractivity contribution is 7.83. The average Bonchev–Trinajstić information content (AvgIpc) is 3.26. The van der Waals surface area contributed by atoms with Gasteiger partial charge in [0.1, 0.15) is 34.4 Å². The van der Waals surface area contributed by atoms with Crippen molar-refractivity contribution in [1.82, 2.24) is 24.6 Å². The molecule has 0 saturated carbocycles. The Morgan fingerprint density at radius 3 is 2.59 bits per heavy atom. The summed E-state index contributed by atoms with van der Waals surface area (Å²) in [7, 11) is 0. The van der Waals surface area contributed by atoms with Crippen LogP contribution in [-0.4, -0.2) is 46.5 Å². The van der Waals surface area contributed by atoms with E-state index in [1.165, 1.54) is 6.33 Å². The van der Waals surface area contributed by atoms with E-state index in [-0.39, 0.29) is 11.1 Å². The number of hydrogen-bond donors (Lipinski definition) is 2. The highest BCUT2D eigenvalue weighted by atomic mass is 32.2. The lowest BCUT2D eigenvalue weighted by Crippen LogP contribution is -2.37. The Kier molecular flexibility index (Phi) is 5.99. The molecule has 10 heteroatoms.